The summed E-state index contributed by atoms with van der Waals surface area (Å²) in [5, 5.41) is 12.5. The van der Waals surface area contributed by atoms with Gasteiger partial charge in [0.2, 0.25) is 0 Å². The van der Waals surface area contributed by atoms with Crippen LogP contribution in [-0.2, 0) is 20.9 Å². The maximum absolute atomic E-state index is 11.8. The van der Waals surface area contributed by atoms with Gasteiger partial charge >= 0.3 is 12.1 Å². The second-order valence-corrected chi connectivity index (χ2v) is 5.48. The van der Waals surface area contributed by atoms with Crippen molar-refractivity contribution in [1.29, 1.82) is 0 Å². The van der Waals surface area contributed by atoms with Crippen LogP contribution in [0.3, 0.4) is 0 Å². The zero-order valence-corrected chi connectivity index (χ0v) is 12.5. The lowest BCUT2D eigenvalue weighted by Gasteiger charge is -2.31. The van der Waals surface area contributed by atoms with E-state index in [9.17, 15) is 14.7 Å². The van der Waals surface area contributed by atoms with Gasteiger partial charge in [0.05, 0.1) is 19.1 Å². The van der Waals surface area contributed by atoms with E-state index >= 15 is 0 Å². The normalized spacial score (nSPS) is 24.4. The largest absolute Gasteiger partial charge is 0.469 e. The van der Waals surface area contributed by atoms with Crippen molar-refractivity contribution in [2.75, 3.05) is 7.11 Å². The molecule has 0 unspecified atom stereocenters. The molecule has 1 aliphatic carbocycles. The number of esters is 1. The van der Waals surface area contributed by atoms with E-state index in [1.54, 1.807) is 0 Å². The van der Waals surface area contributed by atoms with Crippen LogP contribution in [0.2, 0.25) is 0 Å². The lowest BCUT2D eigenvalue weighted by molar-refractivity contribution is -0.148. The number of carbonyl (C=O) groups is 2. The molecule has 2 N–H and O–H groups in total. The van der Waals surface area contributed by atoms with Crippen LogP contribution in [-0.4, -0.2) is 36.4 Å². The summed E-state index contributed by atoms with van der Waals surface area (Å²) < 4.78 is 9.84. The molecule has 3 atom stereocenters. The Labute approximate surface area is 129 Å². The Morgan fingerprint density at radius 1 is 1.23 bits per heavy atom. The lowest BCUT2D eigenvalue weighted by atomic mass is 9.84. The number of alkyl carbamates (subject to hydrolysis) is 1. The predicted octanol–water partition coefficient (Wildman–Crippen LogP) is 1.62. The Morgan fingerprint density at radius 2 is 1.95 bits per heavy atom. The van der Waals surface area contributed by atoms with E-state index in [1.165, 1.54) is 7.11 Å². The highest BCUT2D eigenvalue weighted by Crippen LogP contribution is 2.25. The smallest absolute Gasteiger partial charge is 0.407 e. The number of hydrogen-bond acceptors (Lipinski definition) is 5. The van der Waals surface area contributed by atoms with Crippen molar-refractivity contribution >= 4 is 12.1 Å². The van der Waals surface area contributed by atoms with Gasteiger partial charge in [-0.3, -0.25) is 4.79 Å². The molecule has 6 heteroatoms. The minimum atomic E-state index is -0.628. The van der Waals surface area contributed by atoms with Crippen LogP contribution >= 0.6 is 0 Å². The van der Waals surface area contributed by atoms with Gasteiger partial charge in [-0.05, 0) is 24.8 Å². The molecule has 0 radical (unpaired) electrons. The molecule has 2 rings (SSSR count). The molecule has 0 aliphatic heterocycles. The summed E-state index contributed by atoms with van der Waals surface area (Å²) in [4.78, 5) is 23.4. The first-order valence-corrected chi connectivity index (χ1v) is 7.31. The quantitative estimate of drug-likeness (QED) is 0.826. The van der Waals surface area contributed by atoms with Gasteiger partial charge in [-0.1, -0.05) is 30.3 Å². The van der Waals surface area contributed by atoms with E-state index < -0.39 is 18.1 Å². The number of hydrogen-bond donors (Lipinski definition) is 2. The molecule has 6 nitrogen and oxygen atoms in total. The van der Waals surface area contributed by atoms with Crippen LogP contribution in [0.25, 0.3) is 0 Å². The van der Waals surface area contributed by atoms with Gasteiger partial charge in [0.1, 0.15) is 6.61 Å². The van der Waals surface area contributed by atoms with E-state index in [1.807, 2.05) is 30.3 Å². The highest BCUT2D eigenvalue weighted by molar-refractivity contribution is 5.73. The zero-order chi connectivity index (χ0) is 15.9. The summed E-state index contributed by atoms with van der Waals surface area (Å²) in [5.41, 5.74) is 0.897. The summed E-state index contributed by atoms with van der Waals surface area (Å²) in [6, 6.07) is 9.07. The van der Waals surface area contributed by atoms with Crippen molar-refractivity contribution in [2.24, 2.45) is 5.92 Å². The predicted molar refractivity (Wildman–Crippen MR) is 78.9 cm³/mol. The van der Waals surface area contributed by atoms with E-state index in [0.717, 1.165) is 5.56 Å². The lowest BCUT2D eigenvalue weighted by Crippen LogP contribution is -2.44. The van der Waals surface area contributed by atoms with Crippen molar-refractivity contribution in [2.45, 2.75) is 38.0 Å². The zero-order valence-electron chi connectivity index (χ0n) is 12.5. The first-order chi connectivity index (χ1) is 10.6. The summed E-state index contributed by atoms with van der Waals surface area (Å²) in [7, 11) is 1.32. The molecule has 1 amide bonds. The number of benzene rings is 1. The second-order valence-electron chi connectivity index (χ2n) is 5.48. The SMILES string of the molecule is COC(=O)[C@H]1C[C@@H](O)C[C@@H](NC(=O)OCc2ccccc2)C1. The van der Waals surface area contributed by atoms with Gasteiger partial charge in [0.15, 0.2) is 0 Å². The third kappa shape index (κ3) is 4.73. The highest BCUT2D eigenvalue weighted by Gasteiger charge is 2.33. The van der Waals surface area contributed by atoms with E-state index in [2.05, 4.69) is 5.32 Å². The Hall–Kier alpha value is -2.08. The van der Waals surface area contributed by atoms with Gasteiger partial charge in [-0.25, -0.2) is 4.79 Å². The average Bonchev–Trinajstić information content (AvgIpc) is 2.52. The van der Waals surface area contributed by atoms with Crippen molar-refractivity contribution in [3.63, 3.8) is 0 Å². The Morgan fingerprint density at radius 3 is 2.64 bits per heavy atom. The third-order valence-electron chi connectivity index (χ3n) is 3.75. The first kappa shape index (κ1) is 16.3. The van der Waals surface area contributed by atoms with Crippen molar-refractivity contribution in [3.8, 4) is 0 Å². The van der Waals surface area contributed by atoms with E-state index in [4.69, 9.17) is 9.47 Å². The van der Waals surface area contributed by atoms with Crippen molar-refractivity contribution in [3.05, 3.63) is 35.9 Å². The fraction of sp³-hybridized carbons (Fsp3) is 0.500. The monoisotopic (exact) mass is 307 g/mol. The minimum Gasteiger partial charge on any atom is -0.469 e. The average molecular weight is 307 g/mol. The molecule has 120 valence electrons. The number of ether oxygens (including phenoxy) is 2. The molecular formula is C16H21NO5. The van der Waals surface area contributed by atoms with Gasteiger partial charge in [0, 0.05) is 6.04 Å². The van der Waals surface area contributed by atoms with Gasteiger partial charge in [-0.2, -0.15) is 0 Å². The summed E-state index contributed by atoms with van der Waals surface area (Å²) >= 11 is 0. The number of amides is 1. The molecule has 22 heavy (non-hydrogen) atoms. The highest BCUT2D eigenvalue weighted by atomic mass is 16.5. The molecule has 1 aromatic carbocycles. The summed E-state index contributed by atoms with van der Waals surface area (Å²) in [6.45, 7) is 0.183. The van der Waals surface area contributed by atoms with Crippen molar-refractivity contribution in [1.82, 2.24) is 5.32 Å². The number of nitrogens with one attached hydrogen (secondary N) is 1. The minimum absolute atomic E-state index is 0.183. The Bertz CT molecular complexity index is 505. The van der Waals surface area contributed by atoms with Crippen LogP contribution in [0.15, 0.2) is 30.3 Å². The molecule has 0 aromatic heterocycles. The maximum Gasteiger partial charge on any atom is 0.407 e. The fourth-order valence-electron chi connectivity index (χ4n) is 2.70. The van der Waals surface area contributed by atoms with Gasteiger partial charge < -0.3 is 19.9 Å². The first-order valence-electron chi connectivity index (χ1n) is 7.31. The molecule has 0 bridgehead atoms. The van der Waals surface area contributed by atoms with Crippen LogP contribution in [0.1, 0.15) is 24.8 Å². The standard InChI is InChI=1S/C16H21NO5/c1-21-15(19)12-7-13(9-14(18)8-12)17-16(20)22-10-11-5-3-2-4-6-11/h2-6,12-14,18H,7-10H2,1H3,(H,17,20)/t12-,13+,14-/m1/s1. The van der Waals surface area contributed by atoms with Crippen LogP contribution < -0.4 is 5.32 Å². The number of rotatable bonds is 4. The molecular weight excluding hydrogens is 286 g/mol. The summed E-state index contributed by atoms with van der Waals surface area (Å²) in [6.07, 6.45) is 0.0472. The number of aliphatic hydroxyl groups excluding tert-OH is 1. The molecule has 1 fully saturated rings. The molecule has 1 aliphatic rings. The van der Waals surface area contributed by atoms with Crippen LogP contribution in [0.5, 0.6) is 0 Å². The molecule has 0 saturated heterocycles. The Balaban J connectivity index is 1.81. The molecule has 0 spiro atoms. The number of carbonyl (C=O) groups excluding carboxylic acids is 2. The van der Waals surface area contributed by atoms with E-state index in [-0.39, 0.29) is 18.6 Å². The van der Waals surface area contributed by atoms with Crippen LogP contribution in [0.4, 0.5) is 4.79 Å². The van der Waals surface area contributed by atoms with Gasteiger partial charge in [-0.15, -0.1) is 0 Å². The number of methoxy groups -OCH3 is 1. The van der Waals surface area contributed by atoms with Crippen molar-refractivity contribution < 1.29 is 24.2 Å². The molecule has 0 heterocycles. The second kappa shape index (κ2) is 7.79. The Kier molecular flexibility index (Phi) is 5.77. The molecule has 1 saturated carbocycles. The fourth-order valence-corrected chi connectivity index (χ4v) is 2.70. The maximum atomic E-state index is 11.8. The third-order valence-corrected chi connectivity index (χ3v) is 3.75. The van der Waals surface area contributed by atoms with E-state index in [0.29, 0.717) is 19.3 Å². The molecule has 1 aromatic rings. The van der Waals surface area contributed by atoms with Gasteiger partial charge in [0.25, 0.3) is 0 Å². The topological polar surface area (TPSA) is 84.9 Å². The number of aliphatic hydroxyl groups is 1. The summed E-state index contributed by atoms with van der Waals surface area (Å²) in [5.74, 6) is -0.753. The van der Waals surface area contributed by atoms with Crippen LogP contribution in [0, 0.1) is 5.92 Å².